The average molecular weight is 1660 g/mol. The number of nitrogens with zero attached hydrogens (tertiary/aromatic N) is 3. The number of hydrogen-bond donors (Lipinski definition) is 5. The quantitative estimate of drug-likeness (QED) is 0.0498. The number of aliphatic hydroxyl groups is 1. The number of rotatable bonds is 14. The number of fused-ring (bicyclic) bond motifs is 3. The minimum absolute atomic E-state index is 0.00852. The predicted octanol–water partition coefficient (Wildman–Crippen LogP) is 12.5. The molecule has 13 rings (SSSR count). The van der Waals surface area contributed by atoms with Crippen LogP contribution in [0.2, 0.25) is 25.1 Å². The van der Waals surface area contributed by atoms with E-state index >= 15 is 0 Å². The van der Waals surface area contributed by atoms with Crippen LogP contribution in [0.1, 0.15) is 80.0 Å². The molecule has 5 aliphatic heterocycles. The summed E-state index contributed by atoms with van der Waals surface area (Å²) in [5, 5.41) is 28.4. The van der Waals surface area contributed by atoms with Crippen LogP contribution < -0.4 is 11.5 Å². The molecule has 105 heavy (non-hydrogen) atoms. The van der Waals surface area contributed by atoms with Crippen molar-refractivity contribution < 1.29 is 96.5 Å². The van der Waals surface area contributed by atoms with E-state index in [1.165, 1.54) is 63.4 Å². The van der Waals surface area contributed by atoms with Gasteiger partial charge in [-0.15, -0.1) is 23.5 Å². The Hall–Kier alpha value is -4.69. The first-order valence-corrected chi connectivity index (χ1v) is 41.0. The van der Waals surface area contributed by atoms with E-state index in [0.717, 1.165) is 32.3 Å². The normalized spacial score (nSPS) is 23.0. The van der Waals surface area contributed by atoms with E-state index in [9.17, 15) is 40.6 Å². The van der Waals surface area contributed by atoms with Crippen molar-refractivity contribution in [1.82, 2.24) is 15.0 Å². The van der Waals surface area contributed by atoms with Gasteiger partial charge in [-0.1, -0.05) is 120 Å². The number of nitrogens with two attached hydrogens (primary N) is 2. The Morgan fingerprint density at radius 1 is 0.410 bits per heavy atom. The second-order valence-electron chi connectivity index (χ2n) is 28.0. The standard InChI is InChI=1S/C16H20ClNO5S.C16H20ClNO3S.C15H18ClNO3S.2C11H14ClNO5S/c1-16(2,3)15-18-10-6-5-9(17)14(13(10)23-15)24(19,20)12-8-22-7-11(12)21-4;1-16(2,3)15-18-10-6-5-9(17)14(13(10)21-15)22-12-8-20-7-11(12)19-4;1-15(2,3)14-17-9-5-4-8(16)13(12(9)20-14)21-11-7-19-6-10(11)18;2*1-17-8-4-18-5-9(8)19(15,16)11-6(12)2-3-7(13)10(11)14/h5-6,11-12H,7-8H2,1-4H3;5-6,11-12H,7-8H2,1-4H3;4-5,10-11,18H,6-7H2,1-3H3;2*2-3,8-9,14H,4-5,13H2,1H3/t2*11-,12?;10-,11?;8-,9?;8-,9+/m00000/s1. The molecular weight excluding hydrogens is 1570 g/mol. The van der Waals surface area contributed by atoms with Gasteiger partial charge in [-0.25, -0.2) is 40.2 Å². The summed E-state index contributed by atoms with van der Waals surface area (Å²) in [4.78, 5) is 14.5. The second-order valence-corrected chi connectivity index (χ2v) is 38.9. The molecule has 8 heterocycles. The molecule has 7 N–H and O–H groups in total. The third-order valence-electron chi connectivity index (χ3n) is 17.3. The number of aliphatic hydroxyl groups excluding tert-OH is 1. The number of oxazole rings is 3. The predicted molar refractivity (Wildman–Crippen MR) is 404 cm³/mol. The van der Waals surface area contributed by atoms with Gasteiger partial charge < -0.3 is 82.7 Å². The fourth-order valence-corrected chi connectivity index (χ4v) is 21.3. The topological polar surface area (TPSA) is 376 Å². The minimum atomic E-state index is -3.90. The summed E-state index contributed by atoms with van der Waals surface area (Å²) in [6.07, 6.45) is -2.14. The van der Waals surface area contributed by atoms with Gasteiger partial charge in [-0.3, -0.25) is 0 Å². The fraction of sp³-hybridized carbons (Fsp3) is 0.522. The maximum atomic E-state index is 13.2. The van der Waals surface area contributed by atoms with Gasteiger partial charge in [-0.2, -0.15) is 0 Å². The van der Waals surface area contributed by atoms with E-state index in [-0.39, 0.29) is 119 Å². The highest BCUT2D eigenvalue weighted by Gasteiger charge is 2.46. The van der Waals surface area contributed by atoms with Gasteiger partial charge in [0.25, 0.3) is 0 Å². The number of phenols is 2. The van der Waals surface area contributed by atoms with Crippen LogP contribution in [-0.2, 0) is 88.4 Å². The van der Waals surface area contributed by atoms with Crippen molar-refractivity contribution in [1.29, 1.82) is 0 Å². The third-order valence-corrected chi connectivity index (χ3v) is 28.8. The molecule has 578 valence electrons. The molecule has 26 nitrogen and oxygen atoms in total. The highest BCUT2D eigenvalue weighted by molar-refractivity contribution is 8.00. The van der Waals surface area contributed by atoms with Gasteiger partial charge >= 0.3 is 0 Å². The van der Waals surface area contributed by atoms with Gasteiger partial charge in [-0.05, 0) is 60.7 Å². The van der Waals surface area contributed by atoms with Crippen molar-refractivity contribution in [2.75, 3.05) is 106 Å². The lowest BCUT2D eigenvalue weighted by molar-refractivity contribution is 0.0829. The smallest absolute Gasteiger partial charge is 0.200 e. The molecule has 0 bridgehead atoms. The maximum absolute atomic E-state index is 13.2. The zero-order valence-corrected chi connectivity index (χ0v) is 67.6. The van der Waals surface area contributed by atoms with Gasteiger partial charge in [0.15, 0.2) is 57.8 Å². The Morgan fingerprint density at radius 3 is 1.07 bits per heavy atom. The van der Waals surface area contributed by atoms with E-state index in [2.05, 4.69) is 56.5 Å². The van der Waals surface area contributed by atoms with Crippen LogP contribution in [-0.4, -0.2) is 207 Å². The van der Waals surface area contributed by atoms with Crippen LogP contribution in [0.25, 0.3) is 33.3 Å². The highest BCUT2D eigenvalue weighted by Crippen LogP contribution is 2.46. The first-order chi connectivity index (χ1) is 49.2. The number of aromatic hydroxyl groups is 2. The second kappa shape index (κ2) is 34.3. The first-order valence-electron chi connectivity index (χ1n) is 32.8. The van der Waals surface area contributed by atoms with Crippen LogP contribution in [0.15, 0.2) is 98.4 Å². The number of nitrogen functional groups attached to an aromatic ring is 2. The molecule has 8 aromatic rings. The monoisotopic (exact) mass is 1660 g/mol. The van der Waals surface area contributed by atoms with Crippen LogP contribution in [0.3, 0.4) is 0 Å². The largest absolute Gasteiger partial charge is 0.504 e. The number of benzene rings is 5. The number of phenolic OH excluding ortho intramolecular Hbond substituents is 2. The van der Waals surface area contributed by atoms with E-state index in [4.69, 9.17) is 125 Å². The molecule has 36 heteroatoms. The molecular formula is C69H86Cl5N5O21S5. The van der Waals surface area contributed by atoms with Gasteiger partial charge in [0.05, 0.1) is 153 Å². The molecule has 0 spiro atoms. The molecule has 5 aromatic carbocycles. The lowest BCUT2D eigenvalue weighted by Gasteiger charge is -2.18. The average Bonchev–Trinajstić information content (AvgIpc) is 1.68. The van der Waals surface area contributed by atoms with E-state index < -0.39 is 81.2 Å². The Kier molecular flexibility index (Phi) is 27.5. The zero-order chi connectivity index (χ0) is 77.2. The third kappa shape index (κ3) is 18.7. The molecule has 0 saturated carbocycles. The Morgan fingerprint density at radius 2 is 0.705 bits per heavy atom. The molecule has 5 aliphatic rings. The Bertz CT molecular complexity index is 4650. The lowest BCUT2D eigenvalue weighted by atomic mass is 9.97. The number of aromatic nitrogens is 3. The lowest BCUT2D eigenvalue weighted by Crippen LogP contribution is -2.34. The SMILES string of the molecule is CC(C)(C)c1nc2ccc(Cl)c(SC3COC[C@@H]3O)c2o1.CO[C@H]1COCC1S(=O)(=O)c1c(Cl)ccc(N)c1O.CO[C@H]1COCC1S(=O)(=O)c1c(Cl)ccc2nc(C(C)(C)C)oc12.CO[C@H]1COCC1Sc1c(Cl)ccc2nc(C(C)(C)C)oc12.CO[C@H]1COC[C@H]1S(=O)(=O)c1c(Cl)ccc(N)c1O. The zero-order valence-electron chi connectivity index (χ0n) is 59.7. The number of halogens is 5. The summed E-state index contributed by atoms with van der Waals surface area (Å²) >= 11 is 33.9. The summed E-state index contributed by atoms with van der Waals surface area (Å²) < 4.78 is 141. The van der Waals surface area contributed by atoms with Crippen molar-refractivity contribution in [2.24, 2.45) is 0 Å². The summed E-state index contributed by atoms with van der Waals surface area (Å²) in [6, 6.07) is 16.0. The number of methoxy groups -OCH3 is 4. The first kappa shape index (κ1) is 84.3. The van der Waals surface area contributed by atoms with Crippen molar-refractivity contribution >= 4 is 156 Å². The van der Waals surface area contributed by atoms with Crippen molar-refractivity contribution in [3.63, 3.8) is 0 Å². The van der Waals surface area contributed by atoms with Crippen molar-refractivity contribution in [3.05, 3.63) is 103 Å². The van der Waals surface area contributed by atoms with Crippen LogP contribution in [0.5, 0.6) is 11.5 Å². The van der Waals surface area contributed by atoms with Crippen LogP contribution in [0.4, 0.5) is 11.4 Å². The van der Waals surface area contributed by atoms with E-state index in [0.29, 0.717) is 59.4 Å². The fourth-order valence-electron chi connectivity index (χ4n) is 11.3. The number of ether oxygens (including phenoxy) is 9. The number of thioether (sulfide) groups is 2. The summed E-state index contributed by atoms with van der Waals surface area (Å²) in [7, 11) is -5.61. The van der Waals surface area contributed by atoms with E-state index in [1.54, 1.807) is 24.9 Å². The number of hydrogen-bond acceptors (Lipinski definition) is 28. The van der Waals surface area contributed by atoms with Gasteiger partial charge in [0.2, 0.25) is 17.7 Å². The number of anilines is 2. The molecule has 0 amide bonds. The summed E-state index contributed by atoms with van der Waals surface area (Å²) in [5.74, 6) is 0.799. The van der Waals surface area contributed by atoms with Crippen molar-refractivity contribution in [3.8, 4) is 11.5 Å². The Labute approximate surface area is 643 Å². The molecule has 10 atom stereocenters. The minimum Gasteiger partial charge on any atom is -0.504 e. The molecule has 3 aromatic heterocycles. The van der Waals surface area contributed by atoms with Gasteiger partial charge in [0.1, 0.15) is 47.0 Å². The van der Waals surface area contributed by atoms with Crippen LogP contribution >= 0.6 is 81.5 Å². The molecule has 5 saturated heterocycles. The van der Waals surface area contributed by atoms with Crippen LogP contribution in [0, 0.1) is 0 Å². The molecule has 0 aliphatic carbocycles. The maximum Gasteiger partial charge on any atom is 0.200 e. The molecule has 4 unspecified atom stereocenters. The van der Waals surface area contributed by atoms with Gasteiger partial charge in [0, 0.05) is 44.7 Å². The summed E-state index contributed by atoms with van der Waals surface area (Å²) in [5.41, 5.74) is 14.0. The number of sulfone groups is 3. The Balaban J connectivity index is 0.000000152. The van der Waals surface area contributed by atoms with Crippen molar-refractivity contribution in [2.45, 2.75) is 160 Å². The summed E-state index contributed by atoms with van der Waals surface area (Å²) in [6.45, 7) is 21.0. The van der Waals surface area contributed by atoms with E-state index in [1.807, 2.05) is 45.0 Å². The highest BCUT2D eigenvalue weighted by atomic mass is 35.5. The molecule has 0 radical (unpaired) electrons. The molecule has 5 fully saturated rings.